The van der Waals surface area contributed by atoms with Crippen molar-refractivity contribution in [3.63, 3.8) is 0 Å². The molecule has 1 fully saturated rings. The van der Waals surface area contributed by atoms with Gasteiger partial charge in [-0.3, -0.25) is 0 Å². The van der Waals surface area contributed by atoms with Crippen LogP contribution in [0.1, 0.15) is 0 Å². The second-order valence-corrected chi connectivity index (χ2v) is 9.27. The lowest BCUT2D eigenvalue weighted by Crippen LogP contribution is -2.46. The van der Waals surface area contributed by atoms with E-state index < -0.39 is 0 Å². The molecule has 1 aliphatic rings. The molecule has 33 heavy (non-hydrogen) atoms. The van der Waals surface area contributed by atoms with E-state index in [1.807, 2.05) is 18.2 Å². The van der Waals surface area contributed by atoms with Crippen LogP contribution in [0.4, 0.5) is 11.5 Å². The first kappa shape index (κ1) is 19.9. The first-order valence-corrected chi connectivity index (χ1v) is 12.1. The number of anilines is 2. The topological polar surface area (TPSA) is 32.3 Å². The molecule has 0 saturated carbocycles. The van der Waals surface area contributed by atoms with Crippen molar-refractivity contribution < 1.29 is 0 Å². The summed E-state index contributed by atoms with van der Waals surface area (Å²) in [5.74, 6) is 1.84. The minimum Gasteiger partial charge on any atom is -0.368 e. The minimum absolute atomic E-state index is 0.796. The molecular formula is C28H24N4S. The van der Waals surface area contributed by atoms with Gasteiger partial charge in [-0.2, -0.15) is 0 Å². The van der Waals surface area contributed by atoms with Crippen molar-refractivity contribution in [1.82, 2.24) is 9.97 Å². The molecule has 0 aliphatic carbocycles. The van der Waals surface area contributed by atoms with Crippen LogP contribution in [0, 0.1) is 0 Å². The maximum Gasteiger partial charge on any atom is 0.163 e. The number of para-hydroxylation sites is 1. The van der Waals surface area contributed by atoms with E-state index in [-0.39, 0.29) is 0 Å². The third-order valence-corrected chi connectivity index (χ3v) is 7.24. The van der Waals surface area contributed by atoms with E-state index in [0.29, 0.717) is 0 Å². The number of hydrogen-bond donors (Lipinski definition) is 0. The third kappa shape index (κ3) is 3.96. The molecule has 2 aromatic heterocycles. The number of thiophene rings is 1. The van der Waals surface area contributed by atoms with Gasteiger partial charge < -0.3 is 9.80 Å². The normalized spacial score (nSPS) is 14.1. The van der Waals surface area contributed by atoms with E-state index in [1.54, 1.807) is 11.3 Å². The number of benzene rings is 3. The summed E-state index contributed by atoms with van der Waals surface area (Å²) in [6.07, 6.45) is 0. The molecule has 0 atom stereocenters. The number of hydrogen-bond acceptors (Lipinski definition) is 5. The van der Waals surface area contributed by atoms with Crippen LogP contribution in [0.5, 0.6) is 0 Å². The Hall–Kier alpha value is -3.70. The molecule has 1 saturated heterocycles. The molecule has 1 aliphatic heterocycles. The summed E-state index contributed by atoms with van der Waals surface area (Å²) in [5.41, 5.74) is 3.57. The highest BCUT2D eigenvalue weighted by Crippen LogP contribution is 2.38. The van der Waals surface area contributed by atoms with E-state index in [1.165, 1.54) is 16.1 Å². The zero-order valence-corrected chi connectivity index (χ0v) is 19.1. The molecule has 0 unspecified atom stereocenters. The summed E-state index contributed by atoms with van der Waals surface area (Å²) in [6.45, 7) is 3.83. The SMILES string of the molecule is c1ccc(-c2nc(N3CCN(c4ccccc4)CC3)c3cc(-c4ccccc4)sc3n2)cc1. The van der Waals surface area contributed by atoms with Crippen LogP contribution in [0.2, 0.25) is 0 Å². The van der Waals surface area contributed by atoms with Crippen molar-refractivity contribution in [2.75, 3.05) is 36.0 Å². The Morgan fingerprint density at radius 1 is 0.606 bits per heavy atom. The average molecular weight is 449 g/mol. The van der Waals surface area contributed by atoms with Crippen molar-refractivity contribution in [1.29, 1.82) is 0 Å². The highest BCUT2D eigenvalue weighted by Gasteiger charge is 2.23. The molecule has 5 heteroatoms. The van der Waals surface area contributed by atoms with Crippen LogP contribution in [-0.4, -0.2) is 36.1 Å². The second kappa shape index (κ2) is 8.68. The second-order valence-electron chi connectivity index (χ2n) is 8.24. The van der Waals surface area contributed by atoms with E-state index in [0.717, 1.165) is 53.6 Å². The van der Waals surface area contributed by atoms with Gasteiger partial charge in [-0.05, 0) is 23.8 Å². The summed E-state index contributed by atoms with van der Waals surface area (Å²) in [4.78, 5) is 17.2. The molecule has 0 N–H and O–H groups in total. The quantitative estimate of drug-likeness (QED) is 0.321. The highest BCUT2D eigenvalue weighted by atomic mass is 32.1. The van der Waals surface area contributed by atoms with Gasteiger partial charge in [-0.1, -0.05) is 78.9 Å². The predicted octanol–water partition coefficient (Wildman–Crippen LogP) is 6.35. The van der Waals surface area contributed by atoms with Gasteiger partial charge in [0.05, 0.1) is 5.39 Å². The van der Waals surface area contributed by atoms with Crippen molar-refractivity contribution in [2.24, 2.45) is 0 Å². The van der Waals surface area contributed by atoms with Crippen LogP contribution in [0.3, 0.4) is 0 Å². The summed E-state index contributed by atoms with van der Waals surface area (Å²) in [5, 5.41) is 1.15. The van der Waals surface area contributed by atoms with E-state index in [2.05, 4.69) is 88.7 Å². The molecule has 5 aromatic rings. The molecule has 4 nitrogen and oxygen atoms in total. The molecular weight excluding hydrogens is 424 g/mol. The van der Waals surface area contributed by atoms with Gasteiger partial charge >= 0.3 is 0 Å². The Balaban J connectivity index is 1.40. The Morgan fingerprint density at radius 3 is 1.85 bits per heavy atom. The highest BCUT2D eigenvalue weighted by molar-refractivity contribution is 7.22. The zero-order valence-electron chi connectivity index (χ0n) is 18.3. The number of aromatic nitrogens is 2. The van der Waals surface area contributed by atoms with Crippen molar-refractivity contribution in [3.05, 3.63) is 97.1 Å². The average Bonchev–Trinajstić information content (AvgIpc) is 3.34. The summed E-state index contributed by atoms with van der Waals surface area (Å²) in [7, 11) is 0. The molecule has 162 valence electrons. The lowest BCUT2D eigenvalue weighted by Gasteiger charge is -2.37. The van der Waals surface area contributed by atoms with Crippen LogP contribution >= 0.6 is 11.3 Å². The van der Waals surface area contributed by atoms with Gasteiger partial charge in [0.1, 0.15) is 10.6 Å². The predicted molar refractivity (Wildman–Crippen MR) is 139 cm³/mol. The third-order valence-electron chi connectivity index (χ3n) is 6.16. The molecule has 3 heterocycles. The first-order valence-electron chi connectivity index (χ1n) is 11.3. The summed E-state index contributed by atoms with van der Waals surface area (Å²) in [6, 6.07) is 33.8. The van der Waals surface area contributed by atoms with Crippen LogP contribution in [-0.2, 0) is 0 Å². The van der Waals surface area contributed by atoms with Crippen molar-refractivity contribution in [2.45, 2.75) is 0 Å². The molecule has 3 aromatic carbocycles. The van der Waals surface area contributed by atoms with Gasteiger partial charge in [0.2, 0.25) is 0 Å². The largest absolute Gasteiger partial charge is 0.368 e. The molecule has 0 amide bonds. The van der Waals surface area contributed by atoms with Crippen molar-refractivity contribution >= 4 is 33.1 Å². The fraction of sp³-hybridized carbons (Fsp3) is 0.143. The van der Waals surface area contributed by atoms with Gasteiger partial charge in [-0.25, -0.2) is 9.97 Å². The standard InChI is InChI=1S/C28H24N4S/c1-4-10-21(11-5-1)25-20-24-27(29-26(30-28(24)33-25)22-12-6-2-7-13-22)32-18-16-31(17-19-32)23-14-8-3-9-15-23/h1-15,20H,16-19H2. The number of nitrogens with zero attached hydrogens (tertiary/aromatic N) is 4. The lowest BCUT2D eigenvalue weighted by atomic mass is 10.1. The van der Waals surface area contributed by atoms with E-state index in [9.17, 15) is 0 Å². The Bertz CT molecular complexity index is 1360. The van der Waals surface area contributed by atoms with Crippen LogP contribution in [0.25, 0.3) is 32.0 Å². The minimum atomic E-state index is 0.796. The van der Waals surface area contributed by atoms with Crippen LogP contribution < -0.4 is 9.80 Å². The maximum absolute atomic E-state index is 5.10. The fourth-order valence-electron chi connectivity index (χ4n) is 4.42. The Kier molecular flexibility index (Phi) is 5.25. The lowest BCUT2D eigenvalue weighted by molar-refractivity contribution is 0.649. The van der Waals surface area contributed by atoms with Gasteiger partial charge in [0.25, 0.3) is 0 Å². The van der Waals surface area contributed by atoms with E-state index >= 15 is 0 Å². The molecule has 0 radical (unpaired) electrons. The maximum atomic E-state index is 5.10. The number of fused-ring (bicyclic) bond motifs is 1. The molecule has 0 spiro atoms. The van der Waals surface area contributed by atoms with Gasteiger partial charge in [-0.15, -0.1) is 11.3 Å². The molecule has 0 bridgehead atoms. The van der Waals surface area contributed by atoms with Gasteiger partial charge in [0, 0.05) is 42.3 Å². The molecule has 6 rings (SSSR count). The van der Waals surface area contributed by atoms with E-state index in [4.69, 9.17) is 9.97 Å². The smallest absolute Gasteiger partial charge is 0.163 e. The zero-order chi connectivity index (χ0) is 22.0. The summed E-state index contributed by atoms with van der Waals surface area (Å²) < 4.78 is 0. The first-order chi connectivity index (χ1) is 16.3. The Morgan fingerprint density at radius 2 is 1.18 bits per heavy atom. The number of piperazine rings is 1. The fourth-order valence-corrected chi connectivity index (χ4v) is 5.46. The van der Waals surface area contributed by atoms with Gasteiger partial charge in [0.15, 0.2) is 5.82 Å². The van der Waals surface area contributed by atoms with Crippen molar-refractivity contribution in [3.8, 4) is 21.8 Å². The number of rotatable bonds is 4. The summed E-state index contributed by atoms with van der Waals surface area (Å²) >= 11 is 1.75. The Labute approximate surface area is 197 Å². The monoisotopic (exact) mass is 448 g/mol. The van der Waals surface area contributed by atoms with Crippen LogP contribution in [0.15, 0.2) is 97.1 Å².